The van der Waals surface area contributed by atoms with Gasteiger partial charge in [-0.05, 0) is 7.05 Å². The van der Waals surface area contributed by atoms with Crippen molar-refractivity contribution in [3.63, 3.8) is 0 Å². The third kappa shape index (κ3) is 4.50. The van der Waals surface area contributed by atoms with E-state index in [9.17, 15) is 0 Å². The second kappa shape index (κ2) is 7.76. The summed E-state index contributed by atoms with van der Waals surface area (Å²) in [4.78, 5) is 10.8. The zero-order valence-corrected chi connectivity index (χ0v) is 10.5. The lowest BCUT2D eigenvalue weighted by Gasteiger charge is -2.21. The molecular weight excluding hydrogens is 216 g/mol. The molecule has 94 valence electrons. The van der Waals surface area contributed by atoms with Crippen molar-refractivity contribution in [2.45, 2.75) is 6.54 Å². The first kappa shape index (κ1) is 13.6. The minimum atomic E-state index is 0.661. The molecule has 0 unspecified atom stereocenters. The summed E-state index contributed by atoms with van der Waals surface area (Å²) in [6.07, 6.45) is 5.42. The first-order chi connectivity index (χ1) is 8.31. The van der Waals surface area contributed by atoms with Gasteiger partial charge in [0.05, 0.1) is 24.7 Å². The number of hydrogen-bond acceptors (Lipinski definition) is 5. The van der Waals surface area contributed by atoms with Gasteiger partial charge in [-0.3, -0.25) is 4.98 Å². The van der Waals surface area contributed by atoms with Crippen LogP contribution in [0.4, 0.5) is 5.82 Å². The van der Waals surface area contributed by atoms with Crippen LogP contribution in [0.25, 0.3) is 0 Å². The van der Waals surface area contributed by atoms with Crippen LogP contribution in [0.2, 0.25) is 0 Å². The second-order valence-electron chi connectivity index (χ2n) is 3.62. The Balaban J connectivity index is 2.68. The zero-order valence-electron chi connectivity index (χ0n) is 10.5. The maximum atomic E-state index is 5.07. The van der Waals surface area contributed by atoms with Crippen LogP contribution in [0.15, 0.2) is 25.0 Å². The van der Waals surface area contributed by atoms with Gasteiger partial charge in [-0.1, -0.05) is 6.08 Å². The molecule has 1 aromatic rings. The van der Waals surface area contributed by atoms with Crippen LogP contribution in [-0.2, 0) is 11.3 Å². The Morgan fingerprint density at radius 3 is 2.82 bits per heavy atom. The number of nitrogens with zero attached hydrogens (tertiary/aromatic N) is 3. The monoisotopic (exact) mass is 236 g/mol. The minimum absolute atomic E-state index is 0.661. The third-order valence-corrected chi connectivity index (χ3v) is 2.29. The predicted octanol–water partition coefficient (Wildman–Crippen LogP) is 0.835. The first-order valence-electron chi connectivity index (χ1n) is 5.62. The molecule has 0 aliphatic rings. The average molecular weight is 236 g/mol. The number of methoxy groups -OCH3 is 1. The Morgan fingerprint density at radius 1 is 1.47 bits per heavy atom. The van der Waals surface area contributed by atoms with Gasteiger partial charge in [0.15, 0.2) is 0 Å². The van der Waals surface area contributed by atoms with Crippen molar-refractivity contribution in [1.29, 1.82) is 0 Å². The molecule has 1 N–H and O–H groups in total. The van der Waals surface area contributed by atoms with Crippen LogP contribution in [0.3, 0.4) is 0 Å². The van der Waals surface area contributed by atoms with Gasteiger partial charge < -0.3 is 15.0 Å². The molecule has 0 radical (unpaired) electrons. The fourth-order valence-corrected chi connectivity index (χ4v) is 1.44. The van der Waals surface area contributed by atoms with E-state index in [1.807, 2.05) is 13.1 Å². The van der Waals surface area contributed by atoms with E-state index in [2.05, 4.69) is 26.8 Å². The molecule has 0 aromatic carbocycles. The van der Waals surface area contributed by atoms with Gasteiger partial charge in [0.25, 0.3) is 0 Å². The van der Waals surface area contributed by atoms with Gasteiger partial charge in [-0.25, -0.2) is 4.98 Å². The van der Waals surface area contributed by atoms with Crippen molar-refractivity contribution in [1.82, 2.24) is 15.3 Å². The smallest absolute Gasteiger partial charge is 0.147 e. The molecule has 0 amide bonds. The molecule has 0 aliphatic carbocycles. The Labute approximate surface area is 103 Å². The van der Waals surface area contributed by atoms with E-state index >= 15 is 0 Å². The van der Waals surface area contributed by atoms with E-state index in [0.29, 0.717) is 6.61 Å². The van der Waals surface area contributed by atoms with Crippen molar-refractivity contribution in [3.8, 4) is 0 Å². The van der Waals surface area contributed by atoms with Gasteiger partial charge in [-0.15, -0.1) is 6.58 Å². The number of anilines is 1. The molecule has 5 nitrogen and oxygen atoms in total. The predicted molar refractivity (Wildman–Crippen MR) is 69.1 cm³/mol. The van der Waals surface area contributed by atoms with Crippen molar-refractivity contribution < 1.29 is 4.74 Å². The summed E-state index contributed by atoms with van der Waals surface area (Å²) in [7, 11) is 3.58. The normalized spacial score (nSPS) is 10.2. The molecule has 0 saturated carbocycles. The zero-order chi connectivity index (χ0) is 12.5. The molecule has 17 heavy (non-hydrogen) atoms. The van der Waals surface area contributed by atoms with Crippen molar-refractivity contribution in [3.05, 3.63) is 30.7 Å². The van der Waals surface area contributed by atoms with E-state index in [1.165, 1.54) is 0 Å². The Kier molecular flexibility index (Phi) is 6.21. The molecule has 0 aliphatic heterocycles. The summed E-state index contributed by atoms with van der Waals surface area (Å²) < 4.78 is 5.07. The standard InChI is InChI=1S/C12H20N4O/c1-4-5-16(6-7-17-3)12-10-14-11(8-13-2)9-15-12/h4,9-10,13H,1,5-8H2,2-3H3. The van der Waals surface area contributed by atoms with Crippen LogP contribution >= 0.6 is 0 Å². The summed E-state index contributed by atoms with van der Waals surface area (Å²) >= 11 is 0. The van der Waals surface area contributed by atoms with E-state index < -0.39 is 0 Å². The fourth-order valence-electron chi connectivity index (χ4n) is 1.44. The maximum absolute atomic E-state index is 5.07. The highest BCUT2D eigenvalue weighted by Crippen LogP contribution is 2.08. The Hall–Kier alpha value is -1.46. The lowest BCUT2D eigenvalue weighted by Crippen LogP contribution is -2.28. The van der Waals surface area contributed by atoms with Gasteiger partial charge in [0, 0.05) is 26.7 Å². The molecule has 0 spiro atoms. The molecule has 0 atom stereocenters. The lowest BCUT2D eigenvalue weighted by atomic mass is 10.4. The van der Waals surface area contributed by atoms with E-state index in [0.717, 1.165) is 31.1 Å². The summed E-state index contributed by atoms with van der Waals surface area (Å²) in [5, 5.41) is 3.04. The second-order valence-corrected chi connectivity index (χ2v) is 3.62. The number of aromatic nitrogens is 2. The fraction of sp³-hybridized carbons (Fsp3) is 0.500. The van der Waals surface area contributed by atoms with Gasteiger partial charge in [0.2, 0.25) is 0 Å². The molecule has 1 aromatic heterocycles. The SMILES string of the molecule is C=CCN(CCOC)c1cnc(CNC)cn1. The molecule has 1 heterocycles. The van der Waals surface area contributed by atoms with Crippen LogP contribution in [-0.4, -0.2) is 43.8 Å². The number of hydrogen-bond donors (Lipinski definition) is 1. The Morgan fingerprint density at radius 2 is 2.29 bits per heavy atom. The van der Waals surface area contributed by atoms with E-state index in [4.69, 9.17) is 4.74 Å². The van der Waals surface area contributed by atoms with Crippen molar-refractivity contribution in [2.24, 2.45) is 0 Å². The highest BCUT2D eigenvalue weighted by molar-refractivity contribution is 5.36. The highest BCUT2D eigenvalue weighted by atomic mass is 16.5. The summed E-state index contributed by atoms with van der Waals surface area (Å²) in [6.45, 7) is 6.65. The van der Waals surface area contributed by atoms with E-state index in [-0.39, 0.29) is 0 Å². The lowest BCUT2D eigenvalue weighted by molar-refractivity contribution is 0.205. The van der Waals surface area contributed by atoms with Crippen molar-refractivity contribution >= 4 is 5.82 Å². The largest absolute Gasteiger partial charge is 0.383 e. The molecule has 0 fully saturated rings. The first-order valence-corrected chi connectivity index (χ1v) is 5.62. The average Bonchev–Trinajstić information content (AvgIpc) is 2.36. The topological polar surface area (TPSA) is 50.3 Å². The van der Waals surface area contributed by atoms with Gasteiger partial charge >= 0.3 is 0 Å². The molecule has 5 heteroatoms. The van der Waals surface area contributed by atoms with Crippen LogP contribution in [0, 0.1) is 0 Å². The Bertz CT molecular complexity index is 326. The third-order valence-electron chi connectivity index (χ3n) is 2.29. The number of nitrogens with one attached hydrogen (secondary N) is 1. The van der Waals surface area contributed by atoms with E-state index in [1.54, 1.807) is 19.5 Å². The van der Waals surface area contributed by atoms with Crippen molar-refractivity contribution in [2.75, 3.05) is 38.8 Å². The molecule has 0 bridgehead atoms. The summed E-state index contributed by atoms with van der Waals surface area (Å²) in [5.41, 5.74) is 0.932. The quantitative estimate of drug-likeness (QED) is 0.678. The summed E-state index contributed by atoms with van der Waals surface area (Å²) in [6, 6.07) is 0. The minimum Gasteiger partial charge on any atom is -0.383 e. The number of rotatable bonds is 8. The van der Waals surface area contributed by atoms with Gasteiger partial charge in [0.1, 0.15) is 5.82 Å². The molecule has 0 saturated heterocycles. The maximum Gasteiger partial charge on any atom is 0.147 e. The van der Waals surface area contributed by atoms with Crippen LogP contribution < -0.4 is 10.2 Å². The van der Waals surface area contributed by atoms with Gasteiger partial charge in [-0.2, -0.15) is 0 Å². The molecular formula is C12H20N4O. The highest BCUT2D eigenvalue weighted by Gasteiger charge is 2.06. The van der Waals surface area contributed by atoms with Crippen LogP contribution in [0.5, 0.6) is 0 Å². The summed E-state index contributed by atoms with van der Waals surface area (Å²) in [5.74, 6) is 0.849. The van der Waals surface area contributed by atoms with Crippen LogP contribution in [0.1, 0.15) is 5.69 Å². The molecule has 1 rings (SSSR count). The number of ether oxygens (including phenoxy) is 1.